The van der Waals surface area contributed by atoms with Crippen LogP contribution >= 0.6 is 12.4 Å². The summed E-state index contributed by atoms with van der Waals surface area (Å²) in [6, 6.07) is 3.11. The van der Waals surface area contributed by atoms with Gasteiger partial charge in [-0.25, -0.2) is 9.78 Å². The van der Waals surface area contributed by atoms with Crippen LogP contribution in [0.15, 0.2) is 12.1 Å². The van der Waals surface area contributed by atoms with Gasteiger partial charge in [0.25, 0.3) is 0 Å². The summed E-state index contributed by atoms with van der Waals surface area (Å²) in [5, 5.41) is 30.9. The Bertz CT molecular complexity index is 470. The van der Waals surface area contributed by atoms with Gasteiger partial charge in [0.2, 0.25) is 0 Å². The normalized spacial score (nSPS) is 18.8. The highest BCUT2D eigenvalue weighted by molar-refractivity contribution is 5.85. The van der Waals surface area contributed by atoms with Crippen molar-refractivity contribution in [3.63, 3.8) is 0 Å². The summed E-state index contributed by atoms with van der Waals surface area (Å²) in [4.78, 5) is 15.0. The topological polar surface area (TPSA) is 103 Å². The smallest absolute Gasteiger partial charge is 0.354 e. The minimum atomic E-state index is -1.04. The van der Waals surface area contributed by atoms with Gasteiger partial charge < -0.3 is 20.6 Å². The van der Waals surface area contributed by atoms with Gasteiger partial charge in [-0.1, -0.05) is 6.07 Å². The maximum atomic E-state index is 10.9. The average Bonchev–Trinajstić information content (AvgIpc) is 2.43. The van der Waals surface area contributed by atoms with E-state index in [-0.39, 0.29) is 30.7 Å². The molecule has 0 amide bonds. The molecule has 0 bridgehead atoms. The van der Waals surface area contributed by atoms with Crippen LogP contribution in [0.1, 0.15) is 34.6 Å². The number of rotatable bonds is 5. The SMILES string of the molecule is Cl.O=C(O)c1ccc2c(n1)CC(C(O)CCCO)NC2. The second kappa shape index (κ2) is 7.54. The number of nitrogens with zero attached hydrogens (tertiary/aromatic N) is 1. The Morgan fingerprint density at radius 3 is 2.90 bits per heavy atom. The van der Waals surface area contributed by atoms with Gasteiger partial charge in [0.05, 0.1) is 6.10 Å². The number of halogens is 1. The summed E-state index contributed by atoms with van der Waals surface area (Å²) in [7, 11) is 0. The minimum absolute atomic E-state index is 0. The summed E-state index contributed by atoms with van der Waals surface area (Å²) in [6.45, 7) is 0.630. The fourth-order valence-corrected chi connectivity index (χ4v) is 2.28. The van der Waals surface area contributed by atoms with E-state index in [1.54, 1.807) is 6.07 Å². The predicted molar refractivity (Wildman–Crippen MR) is 75.1 cm³/mol. The number of fused-ring (bicyclic) bond motifs is 1. The number of aliphatic hydroxyl groups is 2. The van der Waals surface area contributed by atoms with Crippen LogP contribution in [0, 0.1) is 0 Å². The molecule has 20 heavy (non-hydrogen) atoms. The Labute approximate surface area is 123 Å². The molecular formula is C13H19ClN2O4. The molecule has 0 saturated carbocycles. The molecule has 1 aromatic rings. The monoisotopic (exact) mass is 302 g/mol. The average molecular weight is 303 g/mol. The van der Waals surface area contributed by atoms with Crippen molar-refractivity contribution < 1.29 is 20.1 Å². The number of carbonyl (C=O) groups is 1. The Kier molecular flexibility index (Phi) is 6.35. The standard InChI is InChI=1S/C13H18N2O4.ClH/c16-5-1-2-12(17)11-6-10-8(7-14-11)3-4-9(15-10)13(18)19;/h3-4,11-12,14,16-17H,1-2,5-7H2,(H,18,19);1H. The van der Waals surface area contributed by atoms with E-state index in [1.807, 2.05) is 0 Å². The van der Waals surface area contributed by atoms with E-state index in [9.17, 15) is 9.90 Å². The van der Waals surface area contributed by atoms with Gasteiger partial charge in [0.1, 0.15) is 5.69 Å². The lowest BCUT2D eigenvalue weighted by Crippen LogP contribution is -2.44. The fourth-order valence-electron chi connectivity index (χ4n) is 2.28. The molecule has 6 nitrogen and oxygen atoms in total. The van der Waals surface area contributed by atoms with Crippen LogP contribution < -0.4 is 5.32 Å². The van der Waals surface area contributed by atoms with Crippen LogP contribution in [0.25, 0.3) is 0 Å². The van der Waals surface area contributed by atoms with Crippen molar-refractivity contribution >= 4 is 18.4 Å². The van der Waals surface area contributed by atoms with E-state index >= 15 is 0 Å². The van der Waals surface area contributed by atoms with Gasteiger partial charge in [0, 0.05) is 31.3 Å². The molecule has 1 aliphatic rings. The second-order valence-corrected chi connectivity index (χ2v) is 4.73. The summed E-state index contributed by atoms with van der Waals surface area (Å²) >= 11 is 0. The highest BCUT2D eigenvalue weighted by Crippen LogP contribution is 2.18. The zero-order valence-electron chi connectivity index (χ0n) is 11.0. The molecule has 7 heteroatoms. The van der Waals surface area contributed by atoms with Crippen molar-refractivity contribution in [3.8, 4) is 0 Å². The molecule has 4 N–H and O–H groups in total. The van der Waals surface area contributed by atoms with Crippen LogP contribution in [-0.4, -0.2) is 45.0 Å². The van der Waals surface area contributed by atoms with Gasteiger partial charge in [-0.2, -0.15) is 0 Å². The highest BCUT2D eigenvalue weighted by Gasteiger charge is 2.25. The molecule has 0 fully saturated rings. The highest BCUT2D eigenvalue weighted by atomic mass is 35.5. The van der Waals surface area contributed by atoms with Gasteiger partial charge in [-0.15, -0.1) is 12.4 Å². The van der Waals surface area contributed by atoms with Crippen molar-refractivity contribution in [1.29, 1.82) is 0 Å². The molecule has 0 radical (unpaired) electrons. The van der Waals surface area contributed by atoms with Crippen LogP contribution in [0.5, 0.6) is 0 Å². The Morgan fingerprint density at radius 1 is 1.50 bits per heavy atom. The lowest BCUT2D eigenvalue weighted by molar-refractivity contribution is 0.0689. The molecule has 0 aliphatic carbocycles. The van der Waals surface area contributed by atoms with E-state index < -0.39 is 12.1 Å². The van der Waals surface area contributed by atoms with Crippen molar-refractivity contribution in [3.05, 3.63) is 29.1 Å². The Morgan fingerprint density at radius 2 is 2.25 bits per heavy atom. The zero-order chi connectivity index (χ0) is 13.8. The molecule has 2 unspecified atom stereocenters. The first-order chi connectivity index (χ1) is 9.11. The Balaban J connectivity index is 0.00000200. The molecule has 2 atom stereocenters. The molecule has 0 aromatic carbocycles. The molecule has 1 aliphatic heterocycles. The molecule has 2 heterocycles. The minimum Gasteiger partial charge on any atom is -0.477 e. The van der Waals surface area contributed by atoms with Crippen molar-refractivity contribution in [2.75, 3.05) is 6.61 Å². The van der Waals surface area contributed by atoms with E-state index in [4.69, 9.17) is 10.2 Å². The van der Waals surface area contributed by atoms with Gasteiger partial charge in [-0.3, -0.25) is 0 Å². The van der Waals surface area contributed by atoms with Gasteiger partial charge in [-0.05, 0) is 24.5 Å². The maximum Gasteiger partial charge on any atom is 0.354 e. The third kappa shape index (κ3) is 3.89. The number of carboxylic acids is 1. The fraction of sp³-hybridized carbons (Fsp3) is 0.538. The second-order valence-electron chi connectivity index (χ2n) is 4.73. The number of pyridine rings is 1. The molecular weight excluding hydrogens is 284 g/mol. The predicted octanol–water partition coefficient (Wildman–Crippen LogP) is 0.349. The first-order valence-corrected chi connectivity index (χ1v) is 6.36. The summed E-state index contributed by atoms with van der Waals surface area (Å²) < 4.78 is 0. The van der Waals surface area contributed by atoms with Crippen molar-refractivity contribution in [2.24, 2.45) is 0 Å². The van der Waals surface area contributed by atoms with E-state index in [0.29, 0.717) is 25.8 Å². The van der Waals surface area contributed by atoms with Crippen LogP contribution in [0.4, 0.5) is 0 Å². The largest absolute Gasteiger partial charge is 0.477 e. The van der Waals surface area contributed by atoms with Crippen molar-refractivity contribution in [1.82, 2.24) is 10.3 Å². The first-order valence-electron chi connectivity index (χ1n) is 6.36. The van der Waals surface area contributed by atoms with Crippen LogP contribution in [-0.2, 0) is 13.0 Å². The van der Waals surface area contributed by atoms with Crippen LogP contribution in [0.2, 0.25) is 0 Å². The van der Waals surface area contributed by atoms with Gasteiger partial charge >= 0.3 is 5.97 Å². The van der Waals surface area contributed by atoms with E-state index in [2.05, 4.69) is 10.3 Å². The summed E-state index contributed by atoms with van der Waals surface area (Å²) in [6.07, 6.45) is 1.01. The Hall–Kier alpha value is -1.21. The van der Waals surface area contributed by atoms with E-state index in [1.165, 1.54) is 6.07 Å². The number of aromatic carboxylic acids is 1. The zero-order valence-corrected chi connectivity index (χ0v) is 11.8. The number of hydrogen-bond donors (Lipinski definition) is 4. The summed E-state index contributed by atoms with van der Waals surface area (Å²) in [5.41, 5.74) is 1.73. The van der Waals surface area contributed by atoms with E-state index in [0.717, 1.165) is 11.3 Å². The maximum absolute atomic E-state index is 10.9. The number of aromatic nitrogens is 1. The molecule has 0 saturated heterocycles. The number of nitrogens with one attached hydrogen (secondary N) is 1. The summed E-state index contributed by atoms with van der Waals surface area (Å²) in [5.74, 6) is -1.04. The lowest BCUT2D eigenvalue weighted by Gasteiger charge is -2.29. The third-order valence-corrected chi connectivity index (χ3v) is 3.38. The van der Waals surface area contributed by atoms with Gasteiger partial charge in [0.15, 0.2) is 0 Å². The number of hydrogen-bond acceptors (Lipinski definition) is 5. The quantitative estimate of drug-likeness (QED) is 0.626. The van der Waals surface area contributed by atoms with Crippen molar-refractivity contribution in [2.45, 2.75) is 38.0 Å². The first kappa shape index (κ1) is 16.8. The third-order valence-electron chi connectivity index (χ3n) is 3.38. The number of aliphatic hydroxyl groups excluding tert-OH is 2. The molecule has 1 aromatic heterocycles. The molecule has 2 rings (SSSR count). The van der Waals surface area contributed by atoms with Crippen LogP contribution in [0.3, 0.4) is 0 Å². The number of carboxylic acid groups (broad SMARTS) is 1. The lowest BCUT2D eigenvalue weighted by atomic mass is 9.94. The molecule has 0 spiro atoms. The molecule has 112 valence electrons.